The van der Waals surface area contributed by atoms with E-state index in [1.165, 1.54) is 75.4 Å². The van der Waals surface area contributed by atoms with Crippen LogP contribution in [0.1, 0.15) is 238 Å². The molecule has 0 amide bonds. The molecule has 2 aliphatic carbocycles. The van der Waals surface area contributed by atoms with Crippen molar-refractivity contribution in [3.8, 4) is 0 Å². The molecule has 6 N–H and O–H groups in total. The Morgan fingerprint density at radius 2 is 0.772 bits per heavy atom. The second kappa shape index (κ2) is 41.6. The molecule has 520 valence electrons. The van der Waals surface area contributed by atoms with Gasteiger partial charge in [0.2, 0.25) is 0 Å². The van der Waals surface area contributed by atoms with Crippen LogP contribution in [0.25, 0.3) is 0 Å². The van der Waals surface area contributed by atoms with E-state index >= 15 is 0 Å². The van der Waals surface area contributed by atoms with Crippen LogP contribution in [0.3, 0.4) is 0 Å². The fourth-order valence-corrected chi connectivity index (χ4v) is 12.9. The molecule has 14 nitrogen and oxygen atoms in total. The largest absolute Gasteiger partial charge is 0.463 e. The van der Waals surface area contributed by atoms with Crippen molar-refractivity contribution < 1.29 is 68.6 Å². The molecule has 2 aliphatic heterocycles. The lowest BCUT2D eigenvalue weighted by molar-refractivity contribution is -0.313. The first-order chi connectivity index (χ1) is 43.6. The molecule has 14 heteroatoms. The number of aliphatic hydroxyl groups is 6. The van der Waals surface area contributed by atoms with Crippen molar-refractivity contribution in [1.82, 2.24) is 0 Å². The normalized spacial score (nSPS) is 28.0. The molecule has 2 saturated heterocycles. The molecule has 0 aromatic heterocycles. The van der Waals surface area contributed by atoms with E-state index in [1.54, 1.807) is 0 Å². The average Bonchev–Trinajstić information content (AvgIpc) is 0.858. The van der Waals surface area contributed by atoms with Gasteiger partial charge in [0, 0.05) is 12.8 Å². The summed E-state index contributed by atoms with van der Waals surface area (Å²) in [6, 6.07) is 0. The highest BCUT2D eigenvalue weighted by Gasteiger charge is 2.48. The molecule has 4 rings (SSSR count). The van der Waals surface area contributed by atoms with Crippen LogP contribution in [-0.2, 0) is 38.0 Å². The summed E-state index contributed by atoms with van der Waals surface area (Å²) in [5.74, 6) is 0.754. The zero-order valence-electron chi connectivity index (χ0n) is 59.1. The monoisotopic (exact) mass is 1280 g/mol. The van der Waals surface area contributed by atoms with Gasteiger partial charge in [-0.05, 0) is 114 Å². The number of unbranched alkanes of at least 4 members (excludes halogenated alkanes) is 12. The Morgan fingerprint density at radius 3 is 1.11 bits per heavy atom. The van der Waals surface area contributed by atoms with Crippen LogP contribution >= 0.6 is 0 Å². The van der Waals surface area contributed by atoms with Gasteiger partial charge in [0.25, 0.3) is 0 Å². The zero-order valence-corrected chi connectivity index (χ0v) is 59.1. The molecule has 0 bridgehead atoms. The lowest BCUT2D eigenvalue weighted by atomic mass is 9.71. The van der Waals surface area contributed by atoms with Crippen LogP contribution < -0.4 is 0 Å². The molecule has 0 radical (unpaired) electrons. The predicted molar refractivity (Wildman–Crippen MR) is 370 cm³/mol. The number of rotatable bonds is 38. The quantitative estimate of drug-likeness (QED) is 0.0193. The lowest BCUT2D eigenvalue weighted by Gasteiger charge is -2.43. The Kier molecular flexibility index (Phi) is 36.2. The summed E-state index contributed by atoms with van der Waals surface area (Å²) in [4.78, 5) is 25.1. The summed E-state index contributed by atoms with van der Waals surface area (Å²) in [6.45, 7) is 29.7. The van der Waals surface area contributed by atoms with Gasteiger partial charge in [-0.1, -0.05) is 264 Å². The molecule has 0 unspecified atom stereocenters. The minimum atomic E-state index is -1.52. The number of carbonyl (C=O) groups excluding carboxylic acids is 2. The fourth-order valence-electron chi connectivity index (χ4n) is 12.9. The van der Waals surface area contributed by atoms with E-state index in [0.29, 0.717) is 25.7 Å². The van der Waals surface area contributed by atoms with Crippen LogP contribution in [0, 0.1) is 22.7 Å². The number of aliphatic hydroxyl groups excluding tert-OH is 6. The van der Waals surface area contributed by atoms with Crippen molar-refractivity contribution in [1.29, 1.82) is 0 Å². The van der Waals surface area contributed by atoms with E-state index in [0.717, 1.165) is 83.8 Å². The number of hydrogen-bond donors (Lipinski definition) is 6. The van der Waals surface area contributed by atoms with Crippen LogP contribution in [-0.4, -0.2) is 129 Å². The van der Waals surface area contributed by atoms with Gasteiger partial charge in [-0.25, -0.2) is 0 Å². The van der Waals surface area contributed by atoms with E-state index in [9.17, 15) is 40.2 Å². The maximum Gasteiger partial charge on any atom is 0.305 e. The lowest BCUT2D eigenvalue weighted by Crippen LogP contribution is -2.60. The zero-order chi connectivity index (χ0) is 68.0. The van der Waals surface area contributed by atoms with Gasteiger partial charge >= 0.3 is 11.9 Å². The summed E-state index contributed by atoms with van der Waals surface area (Å²) in [7, 11) is 0. The molecular weight excluding hydrogens is 1160 g/mol. The third-order valence-electron chi connectivity index (χ3n) is 18.3. The predicted octanol–water partition coefficient (Wildman–Crippen LogP) is 15.6. The van der Waals surface area contributed by atoms with Crippen LogP contribution in [0.2, 0.25) is 0 Å². The molecule has 2 heterocycles. The summed E-state index contributed by atoms with van der Waals surface area (Å²) >= 11 is 0. The SMILES string of the molecule is CC1=C(/C=C/C(C)=C/C=C/C(C)=C/C=C/C=C(C)/C=C/C=C(C)/C=C/C2=C(C)C[C@@H](O[C@@H]3O[C@H](COC(=O)CCCCCCCCCC(C)C)[C@@H](O)[C@H](O)[C@H]3O)CC2(C)C)C(C)(C)C[C@H](O[C@@H]2O[C@H](COC(=O)CCCCCCCCCC(C)C)[C@@H](O)[C@H](O)[C@H]2O)C1. The highest BCUT2D eigenvalue weighted by atomic mass is 16.7. The Labute approximate surface area is 555 Å². The molecule has 2 fully saturated rings. The number of esters is 2. The Morgan fingerprint density at radius 1 is 0.457 bits per heavy atom. The molecular formula is C78H124O14. The van der Waals surface area contributed by atoms with Crippen molar-refractivity contribution in [2.75, 3.05) is 13.2 Å². The number of ether oxygens (including phenoxy) is 6. The number of allylic oxidation sites excluding steroid dienone is 20. The topological polar surface area (TPSA) is 211 Å². The Hall–Kier alpha value is -4.32. The third-order valence-corrected chi connectivity index (χ3v) is 18.3. The van der Waals surface area contributed by atoms with Gasteiger partial charge in [-0.2, -0.15) is 0 Å². The summed E-state index contributed by atoms with van der Waals surface area (Å²) in [5.41, 5.74) is 8.58. The van der Waals surface area contributed by atoms with Crippen molar-refractivity contribution in [2.24, 2.45) is 22.7 Å². The molecule has 0 saturated carbocycles. The van der Waals surface area contributed by atoms with Crippen molar-refractivity contribution in [2.45, 2.75) is 312 Å². The first-order valence-electron chi connectivity index (χ1n) is 35.1. The minimum Gasteiger partial charge on any atom is -0.463 e. The van der Waals surface area contributed by atoms with Gasteiger partial charge in [0.1, 0.15) is 62.0 Å². The molecule has 0 aromatic carbocycles. The van der Waals surface area contributed by atoms with E-state index in [2.05, 4.69) is 158 Å². The van der Waals surface area contributed by atoms with E-state index < -0.39 is 61.4 Å². The second-order valence-electron chi connectivity index (χ2n) is 29.1. The third kappa shape index (κ3) is 29.4. The summed E-state index contributed by atoms with van der Waals surface area (Å²) < 4.78 is 35.6. The van der Waals surface area contributed by atoms with E-state index in [-0.39, 0.29) is 61.0 Å². The summed E-state index contributed by atoms with van der Waals surface area (Å²) in [5, 5.41) is 64.8. The average molecular weight is 1290 g/mol. The Balaban J connectivity index is 1.19. The van der Waals surface area contributed by atoms with Crippen LogP contribution in [0.5, 0.6) is 0 Å². The van der Waals surface area contributed by atoms with Crippen molar-refractivity contribution >= 4 is 11.9 Å². The van der Waals surface area contributed by atoms with Gasteiger partial charge in [0.05, 0.1) is 12.2 Å². The molecule has 0 aromatic rings. The molecule has 4 aliphatic rings. The maximum absolute atomic E-state index is 12.6. The van der Waals surface area contributed by atoms with Gasteiger partial charge in [-0.15, -0.1) is 0 Å². The van der Waals surface area contributed by atoms with Crippen LogP contribution in [0.15, 0.2) is 130 Å². The first-order valence-corrected chi connectivity index (χ1v) is 35.1. The van der Waals surface area contributed by atoms with Gasteiger partial charge < -0.3 is 59.1 Å². The second-order valence-corrected chi connectivity index (χ2v) is 29.1. The Bertz CT molecular complexity index is 2410. The van der Waals surface area contributed by atoms with Crippen LogP contribution in [0.4, 0.5) is 0 Å². The minimum absolute atomic E-state index is 0.238. The fraction of sp³-hybridized carbons (Fsp3) is 0.692. The van der Waals surface area contributed by atoms with Crippen molar-refractivity contribution in [3.63, 3.8) is 0 Å². The van der Waals surface area contributed by atoms with Gasteiger partial charge in [-0.3, -0.25) is 9.59 Å². The number of hydrogen-bond acceptors (Lipinski definition) is 14. The summed E-state index contributed by atoms with van der Waals surface area (Å²) in [6.07, 6.45) is 36.3. The smallest absolute Gasteiger partial charge is 0.305 e. The molecule has 92 heavy (non-hydrogen) atoms. The highest BCUT2D eigenvalue weighted by Crippen LogP contribution is 2.45. The number of carbonyl (C=O) groups is 2. The first kappa shape index (κ1) is 80.1. The molecule has 12 atom stereocenters. The highest BCUT2D eigenvalue weighted by molar-refractivity contribution is 5.69. The van der Waals surface area contributed by atoms with Crippen molar-refractivity contribution in [3.05, 3.63) is 130 Å². The van der Waals surface area contributed by atoms with E-state index in [1.807, 2.05) is 24.3 Å². The molecule has 0 spiro atoms. The standard InChI is InChI=1S/C78H124O14/c1-53(2)33-25-21-17-15-19-23-27-41-67(79)87-51-65-69(81)71(83)73(85)75(91-65)89-61-47-59(9)63(77(11,12)49-61)45-43-57(7)39-31-37-55(5)35-29-30-36-56(6)38-32-40-58(8)44-46-64-60(10)48-62(50-78(64,13)14)90-76-74(86)72(84)70(82)66(92-76)52-88-68(80)42-28-24-20-16-18-22-26-34-54(3)4/h29-32,35-40,43-46,53-54,61-62,65-66,69-76,81-86H,15-28,33-34,41-42,47-52H2,1-14H3/b30-29+,37-31+,38-32+,45-43+,46-44+,55-35+,56-36+,57-39+,58-40+/t61-,62-,65-,66-,69-,70-,71+,72+,73-,74-,75-,76-/m1/s1. The van der Waals surface area contributed by atoms with Gasteiger partial charge in [0.15, 0.2) is 12.6 Å². The van der Waals surface area contributed by atoms with E-state index in [4.69, 9.17) is 28.4 Å². The maximum atomic E-state index is 12.6.